The fourth-order valence-corrected chi connectivity index (χ4v) is 3.92. The van der Waals surface area contributed by atoms with Gasteiger partial charge in [0, 0.05) is 10.6 Å². The number of fused-ring (bicyclic) bond motifs is 1. The van der Waals surface area contributed by atoms with Crippen molar-refractivity contribution in [3.63, 3.8) is 0 Å². The largest absolute Gasteiger partial charge is 0.338 e. The molecule has 3 N–H and O–H groups in total. The first kappa shape index (κ1) is 17.5. The van der Waals surface area contributed by atoms with Gasteiger partial charge >= 0.3 is 6.03 Å². The molecule has 6 heteroatoms. The van der Waals surface area contributed by atoms with Crippen molar-refractivity contribution in [2.45, 2.75) is 6.04 Å². The Morgan fingerprint density at radius 1 is 0.862 bits per heavy atom. The first-order valence-corrected chi connectivity index (χ1v) is 9.65. The molecule has 3 aromatic carbocycles. The van der Waals surface area contributed by atoms with Crippen molar-refractivity contribution in [3.05, 3.63) is 101 Å². The third-order valence-corrected chi connectivity index (χ3v) is 5.34. The molecule has 0 saturated heterocycles. The maximum Gasteiger partial charge on any atom is 0.320 e. The number of carbonyl (C=O) groups is 1. The van der Waals surface area contributed by atoms with Gasteiger partial charge in [0.1, 0.15) is 5.82 Å². The van der Waals surface area contributed by atoms with Crippen LogP contribution in [0, 0.1) is 0 Å². The number of rotatable bonds is 3. The number of aromatic amines is 1. The van der Waals surface area contributed by atoms with E-state index in [1.54, 1.807) is 0 Å². The second-order valence-corrected chi connectivity index (χ2v) is 7.22. The van der Waals surface area contributed by atoms with Crippen molar-refractivity contribution in [2.24, 2.45) is 0 Å². The van der Waals surface area contributed by atoms with Crippen LogP contribution < -0.4 is 10.6 Å². The van der Waals surface area contributed by atoms with E-state index in [0.717, 1.165) is 27.7 Å². The molecule has 29 heavy (non-hydrogen) atoms. The van der Waals surface area contributed by atoms with Gasteiger partial charge in [-0.2, -0.15) is 0 Å². The number of nitrogens with one attached hydrogen (secondary N) is 3. The summed E-state index contributed by atoms with van der Waals surface area (Å²) >= 11 is 6.51. The number of hydrogen-bond acceptors (Lipinski definition) is 2. The van der Waals surface area contributed by atoms with Crippen LogP contribution in [0.4, 0.5) is 4.79 Å². The lowest BCUT2D eigenvalue weighted by Crippen LogP contribution is -2.43. The van der Waals surface area contributed by atoms with Crippen molar-refractivity contribution in [1.29, 1.82) is 0 Å². The highest BCUT2D eigenvalue weighted by molar-refractivity contribution is 6.31. The molecule has 1 aromatic heterocycles. The topological polar surface area (TPSA) is 69.8 Å². The molecule has 1 atom stereocenters. The summed E-state index contributed by atoms with van der Waals surface area (Å²) in [6.07, 6.45) is 0. The Labute approximate surface area is 172 Å². The summed E-state index contributed by atoms with van der Waals surface area (Å²) in [4.78, 5) is 20.8. The zero-order valence-electron chi connectivity index (χ0n) is 15.3. The maximum absolute atomic E-state index is 12.6. The zero-order valence-corrected chi connectivity index (χ0v) is 16.1. The molecule has 4 aromatic rings. The molecule has 2 heterocycles. The van der Waals surface area contributed by atoms with E-state index in [9.17, 15) is 4.79 Å². The average molecular weight is 401 g/mol. The highest BCUT2D eigenvalue weighted by Crippen LogP contribution is 2.39. The van der Waals surface area contributed by atoms with Crippen molar-refractivity contribution in [3.8, 4) is 0 Å². The van der Waals surface area contributed by atoms with Gasteiger partial charge in [0.05, 0.1) is 22.8 Å². The molecule has 1 aliphatic heterocycles. The zero-order chi connectivity index (χ0) is 19.8. The molecule has 0 aliphatic carbocycles. The number of carbonyl (C=O) groups excluding carboxylic acids is 1. The number of halogens is 1. The van der Waals surface area contributed by atoms with E-state index in [1.807, 2.05) is 78.9 Å². The number of para-hydroxylation sites is 2. The van der Waals surface area contributed by atoms with Crippen LogP contribution in [-0.4, -0.2) is 16.0 Å². The smallest absolute Gasteiger partial charge is 0.320 e. The summed E-state index contributed by atoms with van der Waals surface area (Å²) < 4.78 is 0. The molecule has 142 valence electrons. The summed E-state index contributed by atoms with van der Waals surface area (Å²) in [5.41, 5.74) is 5.04. The van der Waals surface area contributed by atoms with Crippen LogP contribution in [0.25, 0.3) is 22.3 Å². The first-order valence-electron chi connectivity index (χ1n) is 9.27. The third kappa shape index (κ3) is 3.15. The van der Waals surface area contributed by atoms with E-state index in [0.29, 0.717) is 16.5 Å². The van der Waals surface area contributed by atoms with E-state index in [2.05, 4.69) is 15.6 Å². The number of hydrogen-bond donors (Lipinski definition) is 3. The van der Waals surface area contributed by atoms with Gasteiger partial charge in [-0.05, 0) is 29.3 Å². The van der Waals surface area contributed by atoms with Crippen LogP contribution in [0.2, 0.25) is 5.02 Å². The minimum Gasteiger partial charge on any atom is -0.338 e. The minimum atomic E-state index is -0.451. The monoisotopic (exact) mass is 400 g/mol. The van der Waals surface area contributed by atoms with Gasteiger partial charge in [0.25, 0.3) is 0 Å². The molecule has 0 fully saturated rings. The van der Waals surface area contributed by atoms with Gasteiger partial charge in [0.2, 0.25) is 0 Å². The molecule has 0 bridgehead atoms. The lowest BCUT2D eigenvalue weighted by Gasteiger charge is -2.30. The van der Waals surface area contributed by atoms with Crippen molar-refractivity contribution in [1.82, 2.24) is 20.6 Å². The number of nitrogens with zero attached hydrogens (tertiary/aromatic N) is 1. The third-order valence-electron chi connectivity index (χ3n) is 5.00. The van der Waals surface area contributed by atoms with Crippen molar-refractivity contribution < 1.29 is 4.79 Å². The first-order chi connectivity index (χ1) is 14.2. The fraction of sp³-hybridized carbons (Fsp3) is 0.0435. The lowest BCUT2D eigenvalue weighted by atomic mass is 9.92. The molecule has 5 nitrogen and oxygen atoms in total. The number of benzene rings is 3. The number of imidazole rings is 1. The summed E-state index contributed by atoms with van der Waals surface area (Å²) in [6.45, 7) is 0. The second-order valence-electron chi connectivity index (χ2n) is 6.81. The van der Waals surface area contributed by atoms with Gasteiger partial charge in [-0.3, -0.25) is 0 Å². The van der Waals surface area contributed by atoms with E-state index in [1.165, 1.54) is 0 Å². The predicted molar refractivity (Wildman–Crippen MR) is 115 cm³/mol. The molecular formula is C23H17ClN4O. The highest BCUT2D eigenvalue weighted by atomic mass is 35.5. The fourth-order valence-electron chi connectivity index (χ4n) is 3.67. The summed E-state index contributed by atoms with van der Waals surface area (Å²) in [7, 11) is 0. The van der Waals surface area contributed by atoms with Crippen molar-refractivity contribution >= 4 is 39.9 Å². The van der Waals surface area contributed by atoms with Crippen LogP contribution in [0.15, 0.2) is 78.9 Å². The minimum absolute atomic E-state index is 0.284. The van der Waals surface area contributed by atoms with Gasteiger partial charge in [0.15, 0.2) is 0 Å². The molecule has 0 saturated carbocycles. The van der Waals surface area contributed by atoms with Crippen LogP contribution in [-0.2, 0) is 0 Å². The summed E-state index contributed by atoms with van der Waals surface area (Å²) in [6, 6.07) is 24.4. The predicted octanol–water partition coefficient (Wildman–Crippen LogP) is 5.14. The number of urea groups is 1. The lowest BCUT2D eigenvalue weighted by molar-refractivity contribution is 0.242. The Kier molecular flexibility index (Phi) is 4.30. The van der Waals surface area contributed by atoms with Crippen LogP contribution in [0.3, 0.4) is 0 Å². The maximum atomic E-state index is 12.6. The van der Waals surface area contributed by atoms with Crippen LogP contribution >= 0.6 is 11.6 Å². The highest BCUT2D eigenvalue weighted by Gasteiger charge is 2.32. The number of aromatic nitrogens is 2. The Morgan fingerprint density at radius 3 is 2.38 bits per heavy atom. The van der Waals surface area contributed by atoms with Gasteiger partial charge in [-0.1, -0.05) is 72.3 Å². The molecule has 0 radical (unpaired) electrons. The number of H-pyrrole nitrogens is 1. The molecule has 1 aliphatic rings. The van der Waals surface area contributed by atoms with E-state index in [-0.39, 0.29) is 6.03 Å². The Bertz CT molecular complexity index is 1210. The van der Waals surface area contributed by atoms with E-state index < -0.39 is 6.04 Å². The Hall–Kier alpha value is -3.57. The Morgan fingerprint density at radius 2 is 1.59 bits per heavy atom. The molecule has 0 spiro atoms. The standard InChI is InChI=1S/C23H17ClN4O/c24-16-11-5-4-10-15(16)21-19(22-25-17-12-6-7-13-18(17)26-22)20(27-23(29)28-21)14-8-2-1-3-9-14/h1-13,21H,(H,25,26)(H2,27,28,29). The summed E-state index contributed by atoms with van der Waals surface area (Å²) in [5, 5.41) is 6.57. The quantitative estimate of drug-likeness (QED) is 0.445. The molecule has 2 amide bonds. The van der Waals surface area contributed by atoms with Crippen molar-refractivity contribution in [2.75, 3.05) is 0 Å². The van der Waals surface area contributed by atoms with Gasteiger partial charge < -0.3 is 15.6 Å². The number of amides is 2. The van der Waals surface area contributed by atoms with E-state index in [4.69, 9.17) is 16.6 Å². The SMILES string of the molecule is O=C1NC(c2ccccc2)=C(c2nc3ccccc3[nH]2)C(c2ccccc2Cl)N1. The average Bonchev–Trinajstić information content (AvgIpc) is 3.18. The second kappa shape index (κ2) is 7.11. The van der Waals surface area contributed by atoms with Crippen LogP contribution in [0.5, 0.6) is 0 Å². The van der Waals surface area contributed by atoms with Crippen LogP contribution in [0.1, 0.15) is 23.0 Å². The van der Waals surface area contributed by atoms with Gasteiger partial charge in [-0.15, -0.1) is 0 Å². The summed E-state index contributed by atoms with van der Waals surface area (Å²) in [5.74, 6) is 0.683. The Balaban J connectivity index is 1.79. The molecular weight excluding hydrogens is 384 g/mol. The molecule has 1 unspecified atom stereocenters. The van der Waals surface area contributed by atoms with E-state index >= 15 is 0 Å². The van der Waals surface area contributed by atoms with Gasteiger partial charge in [-0.25, -0.2) is 9.78 Å². The normalized spacial score (nSPS) is 16.6. The molecule has 5 rings (SSSR count).